The molecule has 0 saturated carbocycles. The molecule has 6 heavy (non-hydrogen) atoms. The molecule has 0 unspecified atom stereocenters. The first-order chi connectivity index (χ1) is 0. The van der Waals surface area contributed by atoms with Gasteiger partial charge in [-0.3, -0.25) is 0 Å². The van der Waals surface area contributed by atoms with E-state index in [1.165, 1.54) is 0 Å². The summed E-state index contributed by atoms with van der Waals surface area (Å²) in [5, 5.41) is 0. The van der Waals surface area contributed by atoms with E-state index in [9.17, 15) is 0 Å². The second-order valence-corrected chi connectivity index (χ2v) is 0. The molecule has 0 aliphatic heterocycles. The molecule has 2 radical (unpaired) electrons. The van der Waals surface area contributed by atoms with Gasteiger partial charge in [0.25, 0.3) is 0 Å². The van der Waals surface area contributed by atoms with Crippen LogP contribution in [0.5, 0.6) is 0 Å². The Balaban J connectivity index is 0. The quantitative estimate of drug-likeness (QED) is 0.487. The fourth-order valence-corrected chi connectivity index (χ4v) is 0. The van der Waals surface area contributed by atoms with Gasteiger partial charge in [0.2, 0.25) is 0 Å². The van der Waals surface area contributed by atoms with Crippen molar-refractivity contribution in [3.63, 3.8) is 0 Å². The normalized spacial score (nSPS) is 0. The second-order valence-electron chi connectivity index (χ2n) is 0. The van der Waals surface area contributed by atoms with Crippen molar-refractivity contribution in [1.82, 2.24) is 0 Å². The third kappa shape index (κ3) is 61.1. The van der Waals surface area contributed by atoms with E-state index >= 15 is 0 Å². The Hall–Kier alpha value is 1.24. The standard InChI is InChI=1S/4O.Sb.V/q4*-2;+3;+5. The number of rotatable bonds is 0. The maximum atomic E-state index is 0. The minimum atomic E-state index is 0. The molecule has 0 bridgehead atoms. The zero-order valence-electron chi connectivity index (χ0n) is 2.53. The summed E-state index contributed by atoms with van der Waals surface area (Å²) in [6.07, 6.45) is 0. The van der Waals surface area contributed by atoms with Crippen molar-refractivity contribution in [3.8, 4) is 0 Å². The Kier molecular flexibility index (Phi) is 3390. The van der Waals surface area contributed by atoms with Crippen LogP contribution in [0.25, 0.3) is 0 Å². The number of hydrogen-bond donors (Lipinski definition) is 0. The van der Waals surface area contributed by atoms with Gasteiger partial charge in [-0.05, 0) is 0 Å². The Morgan fingerprint density at radius 3 is 0.500 bits per heavy atom. The van der Waals surface area contributed by atoms with Crippen LogP contribution >= 0.6 is 0 Å². The van der Waals surface area contributed by atoms with Gasteiger partial charge in [0.05, 0.1) is 0 Å². The van der Waals surface area contributed by atoms with E-state index < -0.39 is 0 Å². The van der Waals surface area contributed by atoms with Crippen LogP contribution < -0.4 is 0 Å². The molecule has 0 heterocycles. The maximum absolute atomic E-state index is 0. The molecule has 0 saturated heterocycles. The van der Waals surface area contributed by atoms with Crippen molar-refractivity contribution < 1.29 is 40.5 Å². The third-order valence-electron chi connectivity index (χ3n) is 0. The summed E-state index contributed by atoms with van der Waals surface area (Å²) in [6.45, 7) is 0. The fourth-order valence-electron chi connectivity index (χ4n) is 0. The van der Waals surface area contributed by atoms with E-state index in [2.05, 4.69) is 0 Å². The van der Waals surface area contributed by atoms with E-state index in [-0.39, 0.29) is 64.9 Å². The summed E-state index contributed by atoms with van der Waals surface area (Å²) in [6, 6.07) is 0. The van der Waals surface area contributed by atoms with Gasteiger partial charge in [-0.1, -0.05) is 0 Å². The molecule has 34 valence electrons. The van der Waals surface area contributed by atoms with Gasteiger partial charge < -0.3 is 21.9 Å². The first kappa shape index (κ1) is 183. The summed E-state index contributed by atoms with van der Waals surface area (Å²) in [5.41, 5.74) is 0. The van der Waals surface area contributed by atoms with E-state index in [0.717, 1.165) is 0 Å². The predicted molar refractivity (Wildman–Crippen MR) is 8.50 cm³/mol. The van der Waals surface area contributed by atoms with Crippen LogP contribution in [0.2, 0.25) is 0 Å². The van der Waals surface area contributed by atoms with Crippen LogP contribution in [0, 0.1) is 0 Å². The smallest absolute Gasteiger partial charge is 2.00 e. The van der Waals surface area contributed by atoms with Gasteiger partial charge in [-0.2, -0.15) is 0 Å². The molecule has 0 aromatic rings. The van der Waals surface area contributed by atoms with Gasteiger partial charge in [0.15, 0.2) is 0 Å². The molecule has 0 rings (SSSR count). The molecular formula is O4SbV. The number of hydrogen-bond acceptors (Lipinski definition) is 0. The van der Waals surface area contributed by atoms with Crippen LogP contribution in [-0.2, 0) is 40.5 Å². The van der Waals surface area contributed by atoms with Gasteiger partial charge in [0, 0.05) is 0 Å². The molecule has 0 aromatic heterocycles. The Morgan fingerprint density at radius 1 is 0.500 bits per heavy atom. The van der Waals surface area contributed by atoms with Crippen molar-refractivity contribution in [2.24, 2.45) is 0 Å². The molecule has 0 aliphatic carbocycles. The first-order valence-corrected chi connectivity index (χ1v) is 0. The molecule has 0 fully saturated rings. The van der Waals surface area contributed by atoms with Gasteiger partial charge in [0.1, 0.15) is 0 Å². The molecule has 6 heteroatoms. The largest absolute Gasteiger partial charge is 5.00 e. The Bertz CT molecular complexity index is 7.51. The molecule has 0 N–H and O–H groups in total. The molecule has 0 aromatic carbocycles. The minimum absolute atomic E-state index is 0. The Morgan fingerprint density at radius 2 is 0.500 bits per heavy atom. The average Bonchev–Trinajstić information content (AvgIpc) is 0. The summed E-state index contributed by atoms with van der Waals surface area (Å²) >= 11 is 0. The monoisotopic (exact) mass is 236 g/mol. The van der Waals surface area contributed by atoms with Crippen molar-refractivity contribution >= 4 is 24.4 Å². The average molecular weight is 237 g/mol. The predicted octanol–water partition coefficient (Wildman–Crippen LogP) is -0.859. The van der Waals surface area contributed by atoms with E-state index in [0.29, 0.717) is 0 Å². The molecule has 0 aliphatic rings. The van der Waals surface area contributed by atoms with Crippen molar-refractivity contribution in [2.45, 2.75) is 0 Å². The Labute approximate surface area is 64.9 Å². The zero-order chi connectivity index (χ0) is 0. The minimum Gasteiger partial charge on any atom is -2.00 e. The molecule has 0 amide bonds. The maximum Gasteiger partial charge on any atom is 5.00 e. The van der Waals surface area contributed by atoms with Gasteiger partial charge in [-0.15, -0.1) is 0 Å². The van der Waals surface area contributed by atoms with Crippen LogP contribution in [0.3, 0.4) is 0 Å². The summed E-state index contributed by atoms with van der Waals surface area (Å²) in [7, 11) is 0. The van der Waals surface area contributed by atoms with Crippen LogP contribution in [0.1, 0.15) is 0 Å². The van der Waals surface area contributed by atoms with Crippen molar-refractivity contribution in [2.75, 3.05) is 0 Å². The molecule has 0 atom stereocenters. The van der Waals surface area contributed by atoms with Crippen molar-refractivity contribution in [1.29, 1.82) is 0 Å². The summed E-state index contributed by atoms with van der Waals surface area (Å²) in [5.74, 6) is 0. The molecule has 0 spiro atoms. The summed E-state index contributed by atoms with van der Waals surface area (Å²) < 4.78 is 0. The third-order valence-corrected chi connectivity index (χ3v) is 0. The zero-order valence-corrected chi connectivity index (χ0v) is 6.48. The van der Waals surface area contributed by atoms with E-state index in [1.807, 2.05) is 0 Å². The second kappa shape index (κ2) is 111. The first-order valence-electron chi connectivity index (χ1n) is 0. The van der Waals surface area contributed by atoms with Gasteiger partial charge >= 0.3 is 43.0 Å². The van der Waals surface area contributed by atoms with Crippen LogP contribution in [0.15, 0.2) is 0 Å². The summed E-state index contributed by atoms with van der Waals surface area (Å²) in [4.78, 5) is 0. The molecular weight excluding hydrogens is 237 g/mol. The topological polar surface area (TPSA) is 114 Å². The molecule has 4 nitrogen and oxygen atoms in total. The SMILES string of the molecule is [O-2].[O-2].[O-2].[O-2].[Sb+3].[V+5]. The van der Waals surface area contributed by atoms with Crippen LogP contribution in [0.4, 0.5) is 0 Å². The van der Waals surface area contributed by atoms with Crippen molar-refractivity contribution in [3.05, 3.63) is 0 Å². The van der Waals surface area contributed by atoms with Crippen LogP contribution in [-0.4, -0.2) is 24.4 Å². The fraction of sp³-hybridized carbons (Fsp3) is 0. The van der Waals surface area contributed by atoms with E-state index in [4.69, 9.17) is 0 Å². The van der Waals surface area contributed by atoms with E-state index in [1.54, 1.807) is 0 Å². The van der Waals surface area contributed by atoms with Gasteiger partial charge in [-0.25, -0.2) is 0 Å².